The first-order valence-electron chi connectivity index (χ1n) is 10.1. The third-order valence-corrected chi connectivity index (χ3v) is 5.83. The van der Waals surface area contributed by atoms with Crippen LogP contribution in [0.25, 0.3) is 10.9 Å². The summed E-state index contributed by atoms with van der Waals surface area (Å²) in [6, 6.07) is 12.1. The topological polar surface area (TPSA) is 54.2 Å². The van der Waals surface area contributed by atoms with Crippen LogP contribution in [-0.2, 0) is 6.18 Å². The summed E-state index contributed by atoms with van der Waals surface area (Å²) in [6.07, 6.45) is -1.70. The van der Waals surface area contributed by atoms with Gasteiger partial charge in [-0.15, -0.1) is 0 Å². The van der Waals surface area contributed by atoms with Crippen molar-refractivity contribution in [2.75, 3.05) is 23.3 Å². The van der Waals surface area contributed by atoms with E-state index in [1.807, 2.05) is 25.1 Å². The first-order valence-corrected chi connectivity index (χ1v) is 10.1. The van der Waals surface area contributed by atoms with Crippen LogP contribution in [0.3, 0.4) is 0 Å². The maximum atomic E-state index is 13.3. The van der Waals surface area contributed by atoms with E-state index in [0.717, 1.165) is 47.9 Å². The van der Waals surface area contributed by atoms with Crippen molar-refractivity contribution in [1.29, 1.82) is 0 Å². The molecular formula is C23H25F3N4. The number of aromatic nitrogens is 1. The molecule has 3 aromatic rings. The number of nitrogens with two attached hydrogens (primary N) is 1. The Hall–Kier alpha value is -2.80. The van der Waals surface area contributed by atoms with Crippen LogP contribution >= 0.6 is 0 Å². The SMILES string of the molecule is Cc1c([C@@H](C)Nc2ccnc3ccc(N4CC[C@@H](N)C4)cc23)cccc1C(F)(F)F. The molecule has 1 fully saturated rings. The van der Waals surface area contributed by atoms with Gasteiger partial charge in [-0.05, 0) is 61.7 Å². The van der Waals surface area contributed by atoms with Crippen molar-refractivity contribution in [1.82, 2.24) is 4.98 Å². The Morgan fingerprint density at radius 2 is 2.00 bits per heavy atom. The molecule has 4 nitrogen and oxygen atoms in total. The molecule has 3 N–H and O–H groups in total. The molecule has 7 heteroatoms. The third kappa shape index (κ3) is 3.94. The highest BCUT2D eigenvalue weighted by molar-refractivity contribution is 5.93. The van der Waals surface area contributed by atoms with E-state index in [9.17, 15) is 13.2 Å². The first kappa shape index (κ1) is 20.5. The van der Waals surface area contributed by atoms with Crippen molar-refractivity contribution in [3.8, 4) is 0 Å². The van der Waals surface area contributed by atoms with Gasteiger partial charge in [0.2, 0.25) is 0 Å². The Morgan fingerprint density at radius 3 is 2.70 bits per heavy atom. The van der Waals surface area contributed by atoms with Crippen LogP contribution in [0.2, 0.25) is 0 Å². The summed E-state index contributed by atoms with van der Waals surface area (Å²) in [5.41, 5.74) is 9.07. The average Bonchev–Trinajstić information content (AvgIpc) is 3.13. The molecular weight excluding hydrogens is 389 g/mol. The van der Waals surface area contributed by atoms with E-state index in [1.165, 1.54) is 13.0 Å². The number of rotatable bonds is 4. The van der Waals surface area contributed by atoms with Crippen molar-refractivity contribution in [2.24, 2.45) is 5.73 Å². The lowest BCUT2D eigenvalue weighted by Gasteiger charge is -2.22. The van der Waals surface area contributed by atoms with Gasteiger partial charge in [0.1, 0.15) is 0 Å². The van der Waals surface area contributed by atoms with Gasteiger partial charge in [-0.2, -0.15) is 13.2 Å². The summed E-state index contributed by atoms with van der Waals surface area (Å²) in [4.78, 5) is 6.69. The number of hydrogen-bond donors (Lipinski definition) is 2. The maximum Gasteiger partial charge on any atom is 0.416 e. The molecule has 0 bridgehead atoms. The first-order chi connectivity index (χ1) is 14.2. The number of pyridine rings is 1. The summed E-state index contributed by atoms with van der Waals surface area (Å²) in [7, 11) is 0. The van der Waals surface area contributed by atoms with Gasteiger partial charge < -0.3 is 16.0 Å². The van der Waals surface area contributed by atoms with Crippen LogP contribution in [0.5, 0.6) is 0 Å². The second kappa shape index (κ2) is 7.80. The number of halogens is 3. The van der Waals surface area contributed by atoms with Gasteiger partial charge in [0, 0.05) is 48.1 Å². The Bertz CT molecular complexity index is 1060. The molecule has 0 radical (unpaired) electrons. The average molecular weight is 414 g/mol. The number of anilines is 2. The van der Waals surface area contributed by atoms with Gasteiger partial charge in [-0.3, -0.25) is 4.98 Å². The van der Waals surface area contributed by atoms with E-state index >= 15 is 0 Å². The minimum Gasteiger partial charge on any atom is -0.378 e. The van der Waals surface area contributed by atoms with Gasteiger partial charge in [-0.1, -0.05) is 12.1 Å². The summed E-state index contributed by atoms with van der Waals surface area (Å²) >= 11 is 0. The molecule has 2 atom stereocenters. The lowest BCUT2D eigenvalue weighted by Crippen LogP contribution is -2.26. The summed E-state index contributed by atoms with van der Waals surface area (Å²) in [5.74, 6) is 0. The molecule has 1 saturated heterocycles. The van der Waals surface area contributed by atoms with Crippen LogP contribution in [0, 0.1) is 6.92 Å². The molecule has 0 amide bonds. The van der Waals surface area contributed by atoms with E-state index in [2.05, 4.69) is 21.3 Å². The van der Waals surface area contributed by atoms with Crippen molar-refractivity contribution < 1.29 is 13.2 Å². The predicted octanol–water partition coefficient (Wildman–Crippen LogP) is 5.27. The highest BCUT2D eigenvalue weighted by atomic mass is 19.4. The molecule has 0 spiro atoms. The highest BCUT2D eigenvalue weighted by Gasteiger charge is 2.33. The lowest BCUT2D eigenvalue weighted by atomic mass is 9.97. The molecule has 2 heterocycles. The fraction of sp³-hybridized carbons (Fsp3) is 0.348. The molecule has 2 aromatic carbocycles. The maximum absolute atomic E-state index is 13.3. The minimum absolute atomic E-state index is 0.177. The number of nitrogens with one attached hydrogen (secondary N) is 1. The second-order valence-electron chi connectivity index (χ2n) is 7.94. The van der Waals surface area contributed by atoms with E-state index in [1.54, 1.807) is 12.3 Å². The van der Waals surface area contributed by atoms with Crippen molar-refractivity contribution >= 4 is 22.3 Å². The smallest absolute Gasteiger partial charge is 0.378 e. The number of hydrogen-bond acceptors (Lipinski definition) is 4. The largest absolute Gasteiger partial charge is 0.416 e. The summed E-state index contributed by atoms with van der Waals surface area (Å²) in [5, 5.41) is 4.33. The van der Waals surface area contributed by atoms with E-state index < -0.39 is 11.7 Å². The number of nitrogens with zero attached hydrogens (tertiary/aromatic N) is 2. The quantitative estimate of drug-likeness (QED) is 0.611. The number of benzene rings is 2. The Kier molecular flexibility index (Phi) is 5.32. The Balaban J connectivity index is 1.67. The van der Waals surface area contributed by atoms with Crippen LogP contribution < -0.4 is 16.0 Å². The second-order valence-corrected chi connectivity index (χ2v) is 7.94. The molecule has 1 aromatic heterocycles. The zero-order chi connectivity index (χ0) is 21.5. The monoisotopic (exact) mass is 414 g/mol. The molecule has 158 valence electrons. The minimum atomic E-state index is -4.37. The third-order valence-electron chi connectivity index (χ3n) is 5.83. The van der Waals surface area contributed by atoms with Crippen molar-refractivity contribution in [3.63, 3.8) is 0 Å². The number of fused-ring (bicyclic) bond motifs is 1. The van der Waals surface area contributed by atoms with Gasteiger partial charge in [0.25, 0.3) is 0 Å². The molecule has 1 aliphatic rings. The normalized spacial score (nSPS) is 18.1. The predicted molar refractivity (Wildman–Crippen MR) is 115 cm³/mol. The summed E-state index contributed by atoms with van der Waals surface area (Å²) in [6.45, 7) is 5.12. The fourth-order valence-corrected chi connectivity index (χ4v) is 4.22. The molecule has 30 heavy (non-hydrogen) atoms. The van der Waals surface area contributed by atoms with E-state index in [-0.39, 0.29) is 17.6 Å². The molecule has 4 rings (SSSR count). The van der Waals surface area contributed by atoms with Crippen molar-refractivity contribution in [2.45, 2.75) is 38.5 Å². The van der Waals surface area contributed by atoms with Gasteiger partial charge in [0.05, 0.1) is 11.1 Å². The lowest BCUT2D eigenvalue weighted by molar-refractivity contribution is -0.138. The van der Waals surface area contributed by atoms with Crippen molar-refractivity contribution in [3.05, 3.63) is 65.4 Å². The molecule has 0 aliphatic carbocycles. The van der Waals surface area contributed by atoms with Crippen LogP contribution in [0.4, 0.5) is 24.5 Å². The number of alkyl halides is 3. The Labute approximate surface area is 173 Å². The molecule has 1 aliphatic heterocycles. The Morgan fingerprint density at radius 1 is 1.20 bits per heavy atom. The summed E-state index contributed by atoms with van der Waals surface area (Å²) < 4.78 is 39.9. The van der Waals surface area contributed by atoms with E-state index in [4.69, 9.17) is 5.73 Å². The zero-order valence-electron chi connectivity index (χ0n) is 17.0. The van der Waals surface area contributed by atoms with Crippen LogP contribution in [-0.4, -0.2) is 24.1 Å². The highest BCUT2D eigenvalue weighted by Crippen LogP contribution is 2.36. The fourth-order valence-electron chi connectivity index (χ4n) is 4.22. The van der Waals surface area contributed by atoms with Crippen LogP contribution in [0.15, 0.2) is 48.7 Å². The zero-order valence-corrected chi connectivity index (χ0v) is 17.0. The van der Waals surface area contributed by atoms with E-state index in [0.29, 0.717) is 5.56 Å². The standard InChI is InChI=1S/C23H25F3N4/c1-14-18(4-3-5-20(14)23(24,25)26)15(2)29-22-8-10-28-21-7-6-17(12-19(21)22)30-11-9-16(27)13-30/h3-8,10,12,15-16H,9,11,13,27H2,1-2H3,(H,28,29)/t15-,16-/m1/s1. The van der Waals surface area contributed by atoms with Gasteiger partial charge >= 0.3 is 6.18 Å². The van der Waals surface area contributed by atoms with Gasteiger partial charge in [-0.25, -0.2) is 0 Å². The molecule has 0 saturated carbocycles. The van der Waals surface area contributed by atoms with Gasteiger partial charge in [0.15, 0.2) is 0 Å². The molecule has 0 unspecified atom stereocenters. The van der Waals surface area contributed by atoms with Crippen LogP contribution in [0.1, 0.15) is 36.1 Å².